The fourth-order valence-corrected chi connectivity index (χ4v) is 3.64. The van der Waals surface area contributed by atoms with Crippen LogP contribution in [0, 0.1) is 0 Å². The Kier molecular flexibility index (Phi) is 6.15. The van der Waals surface area contributed by atoms with Crippen LogP contribution in [0.15, 0.2) is 36.4 Å². The highest BCUT2D eigenvalue weighted by Crippen LogP contribution is 2.35. The van der Waals surface area contributed by atoms with E-state index in [1.807, 2.05) is 57.2 Å². The molecule has 6 nitrogen and oxygen atoms in total. The van der Waals surface area contributed by atoms with Gasteiger partial charge in [-0.05, 0) is 51.1 Å². The molecule has 0 radical (unpaired) electrons. The number of nitrogen functional groups attached to an aromatic ring is 1. The first kappa shape index (κ1) is 19.4. The maximum atomic E-state index is 6.18. The quantitative estimate of drug-likeness (QED) is 0.446. The Morgan fingerprint density at radius 2 is 1.93 bits per heavy atom. The molecule has 3 aromatic rings. The van der Waals surface area contributed by atoms with Crippen molar-refractivity contribution in [1.82, 2.24) is 4.98 Å². The molecular weight excluding hydrogens is 364 g/mol. The van der Waals surface area contributed by atoms with E-state index in [1.165, 1.54) is 0 Å². The molecule has 0 fully saturated rings. The SMILES string of the molecule is CCOC(C)OC(C)Oc1ccc(-c2nc3cc(OC)ccc3s2)cc1N. The molecule has 0 amide bonds. The van der Waals surface area contributed by atoms with Gasteiger partial charge in [0.1, 0.15) is 16.5 Å². The summed E-state index contributed by atoms with van der Waals surface area (Å²) in [5, 5.41) is 0.894. The third-order valence-electron chi connectivity index (χ3n) is 3.93. The smallest absolute Gasteiger partial charge is 0.199 e. The second-order valence-electron chi connectivity index (χ2n) is 5.95. The van der Waals surface area contributed by atoms with E-state index in [2.05, 4.69) is 4.98 Å². The molecule has 2 atom stereocenters. The zero-order valence-electron chi connectivity index (χ0n) is 15.9. The number of hydrogen-bond donors (Lipinski definition) is 1. The second kappa shape index (κ2) is 8.56. The predicted octanol–water partition coefficient (Wildman–Crippen LogP) is 4.68. The molecule has 0 aliphatic carbocycles. The Balaban J connectivity index is 1.76. The monoisotopic (exact) mass is 388 g/mol. The Labute approximate surface area is 162 Å². The molecule has 0 bridgehead atoms. The summed E-state index contributed by atoms with van der Waals surface area (Å²) in [6, 6.07) is 11.5. The molecule has 0 aliphatic heterocycles. The van der Waals surface area contributed by atoms with Crippen molar-refractivity contribution < 1.29 is 18.9 Å². The maximum Gasteiger partial charge on any atom is 0.199 e. The first-order chi connectivity index (χ1) is 13.0. The zero-order valence-corrected chi connectivity index (χ0v) is 16.7. The van der Waals surface area contributed by atoms with Crippen LogP contribution in [-0.2, 0) is 9.47 Å². The van der Waals surface area contributed by atoms with E-state index < -0.39 is 6.29 Å². The number of nitrogens with two attached hydrogens (primary N) is 1. The number of rotatable bonds is 8. The molecule has 2 aromatic carbocycles. The Bertz CT molecular complexity index is 912. The lowest BCUT2D eigenvalue weighted by molar-refractivity contribution is -0.201. The topological polar surface area (TPSA) is 75.8 Å². The molecule has 3 rings (SSSR count). The normalized spacial score (nSPS) is 13.5. The van der Waals surface area contributed by atoms with Crippen molar-refractivity contribution in [3.63, 3.8) is 0 Å². The van der Waals surface area contributed by atoms with Crippen molar-refractivity contribution in [2.75, 3.05) is 19.5 Å². The van der Waals surface area contributed by atoms with Crippen molar-refractivity contribution in [3.05, 3.63) is 36.4 Å². The lowest BCUT2D eigenvalue weighted by Crippen LogP contribution is -2.24. The van der Waals surface area contributed by atoms with E-state index in [1.54, 1.807) is 18.4 Å². The average Bonchev–Trinajstić information content (AvgIpc) is 3.06. The number of fused-ring (bicyclic) bond motifs is 1. The van der Waals surface area contributed by atoms with E-state index >= 15 is 0 Å². The van der Waals surface area contributed by atoms with Crippen LogP contribution < -0.4 is 15.2 Å². The standard InChI is InChI=1S/C20H24N2O4S/c1-5-24-12(2)25-13(3)26-18-8-6-14(10-16(18)21)20-22-17-11-15(23-4)7-9-19(17)27-20/h6-13H,5,21H2,1-4H3. The largest absolute Gasteiger partial charge is 0.497 e. The molecule has 144 valence electrons. The zero-order chi connectivity index (χ0) is 19.4. The fraction of sp³-hybridized carbons (Fsp3) is 0.350. The summed E-state index contributed by atoms with van der Waals surface area (Å²) >= 11 is 1.61. The molecule has 2 unspecified atom stereocenters. The first-order valence-electron chi connectivity index (χ1n) is 8.78. The van der Waals surface area contributed by atoms with Crippen molar-refractivity contribution >= 4 is 27.2 Å². The van der Waals surface area contributed by atoms with Gasteiger partial charge in [-0.3, -0.25) is 0 Å². The highest BCUT2D eigenvalue weighted by molar-refractivity contribution is 7.21. The van der Waals surface area contributed by atoms with Gasteiger partial charge in [-0.2, -0.15) is 0 Å². The molecule has 27 heavy (non-hydrogen) atoms. The summed E-state index contributed by atoms with van der Waals surface area (Å²) in [7, 11) is 1.65. The highest BCUT2D eigenvalue weighted by atomic mass is 32.1. The molecule has 1 heterocycles. The van der Waals surface area contributed by atoms with Gasteiger partial charge in [0, 0.05) is 18.2 Å². The molecule has 0 saturated carbocycles. The van der Waals surface area contributed by atoms with Crippen LogP contribution in [0.2, 0.25) is 0 Å². The summed E-state index contributed by atoms with van der Waals surface area (Å²) in [6.45, 7) is 6.14. The van der Waals surface area contributed by atoms with E-state index in [-0.39, 0.29) is 6.29 Å². The van der Waals surface area contributed by atoms with Crippen molar-refractivity contribution in [3.8, 4) is 22.1 Å². The number of hydrogen-bond acceptors (Lipinski definition) is 7. The minimum Gasteiger partial charge on any atom is -0.497 e. The number of ether oxygens (including phenoxy) is 4. The molecule has 0 aliphatic rings. The van der Waals surface area contributed by atoms with E-state index in [0.717, 1.165) is 26.5 Å². The van der Waals surface area contributed by atoms with E-state index in [9.17, 15) is 0 Å². The highest BCUT2D eigenvalue weighted by Gasteiger charge is 2.13. The predicted molar refractivity (Wildman–Crippen MR) is 108 cm³/mol. The van der Waals surface area contributed by atoms with Crippen LogP contribution in [0.1, 0.15) is 20.8 Å². The van der Waals surface area contributed by atoms with Gasteiger partial charge < -0.3 is 24.7 Å². The molecule has 2 N–H and O–H groups in total. The molecular formula is C20H24N2O4S. The van der Waals surface area contributed by atoms with E-state index in [0.29, 0.717) is 18.0 Å². The molecule has 1 aromatic heterocycles. The second-order valence-corrected chi connectivity index (χ2v) is 6.98. The minimum absolute atomic E-state index is 0.342. The van der Waals surface area contributed by atoms with Crippen LogP contribution >= 0.6 is 11.3 Å². The summed E-state index contributed by atoms with van der Waals surface area (Å²) < 4.78 is 23.1. The summed E-state index contributed by atoms with van der Waals surface area (Å²) in [5.74, 6) is 1.36. The van der Waals surface area contributed by atoms with Gasteiger partial charge in [-0.15, -0.1) is 11.3 Å². The number of methoxy groups -OCH3 is 1. The van der Waals surface area contributed by atoms with Crippen LogP contribution in [-0.4, -0.2) is 31.3 Å². The Morgan fingerprint density at radius 3 is 2.63 bits per heavy atom. The third kappa shape index (κ3) is 4.68. The fourth-order valence-electron chi connectivity index (χ4n) is 2.70. The molecule has 0 saturated heterocycles. The van der Waals surface area contributed by atoms with Crippen LogP contribution in [0.4, 0.5) is 5.69 Å². The van der Waals surface area contributed by atoms with Gasteiger partial charge in [0.15, 0.2) is 12.6 Å². The van der Waals surface area contributed by atoms with Gasteiger partial charge in [0.2, 0.25) is 0 Å². The third-order valence-corrected chi connectivity index (χ3v) is 5.01. The lowest BCUT2D eigenvalue weighted by atomic mass is 10.2. The minimum atomic E-state index is -0.477. The number of benzene rings is 2. The van der Waals surface area contributed by atoms with Gasteiger partial charge in [0.05, 0.1) is 23.0 Å². The maximum absolute atomic E-state index is 6.18. The van der Waals surface area contributed by atoms with Crippen molar-refractivity contribution in [1.29, 1.82) is 0 Å². The first-order valence-corrected chi connectivity index (χ1v) is 9.60. The van der Waals surface area contributed by atoms with Crippen LogP contribution in [0.3, 0.4) is 0 Å². The van der Waals surface area contributed by atoms with E-state index in [4.69, 9.17) is 24.7 Å². The number of thiazole rings is 1. The lowest BCUT2D eigenvalue weighted by Gasteiger charge is -2.20. The number of anilines is 1. The van der Waals surface area contributed by atoms with Gasteiger partial charge in [-0.25, -0.2) is 4.98 Å². The van der Waals surface area contributed by atoms with Crippen LogP contribution in [0.5, 0.6) is 11.5 Å². The van der Waals surface area contributed by atoms with Crippen molar-refractivity contribution in [2.45, 2.75) is 33.4 Å². The molecule has 7 heteroatoms. The Hall–Kier alpha value is -2.35. The van der Waals surface area contributed by atoms with Gasteiger partial charge >= 0.3 is 0 Å². The van der Waals surface area contributed by atoms with Crippen molar-refractivity contribution in [2.24, 2.45) is 0 Å². The number of nitrogens with zero attached hydrogens (tertiary/aromatic N) is 1. The van der Waals surface area contributed by atoms with Crippen LogP contribution in [0.25, 0.3) is 20.8 Å². The Morgan fingerprint density at radius 1 is 1.11 bits per heavy atom. The summed E-state index contributed by atoms with van der Waals surface area (Å²) in [4.78, 5) is 4.68. The van der Waals surface area contributed by atoms with Gasteiger partial charge in [0.25, 0.3) is 0 Å². The molecule has 0 spiro atoms. The summed E-state index contributed by atoms with van der Waals surface area (Å²) in [6.07, 6.45) is -0.820. The number of aromatic nitrogens is 1. The summed E-state index contributed by atoms with van der Waals surface area (Å²) in [5.41, 5.74) is 8.56. The average molecular weight is 388 g/mol. The van der Waals surface area contributed by atoms with Gasteiger partial charge in [-0.1, -0.05) is 0 Å².